The van der Waals surface area contributed by atoms with Crippen LogP contribution in [-0.2, 0) is 0 Å². The molecule has 10 unspecified atom stereocenters. The van der Waals surface area contributed by atoms with Gasteiger partial charge in [0.05, 0.1) is 87.2 Å². The molecule has 14 heteroatoms. The summed E-state index contributed by atoms with van der Waals surface area (Å²) in [4.78, 5) is 0. The lowest BCUT2D eigenvalue weighted by Gasteiger charge is -2.22. The number of aliphatic hydroxyl groups is 10. The molecule has 0 radical (unpaired) electrons. The Morgan fingerprint density at radius 2 is 0.465 bits per heavy atom. The van der Waals surface area contributed by atoms with Gasteiger partial charge in [0.1, 0.15) is 0 Å². The topological polar surface area (TPSA) is 306 Å². The molecule has 18 N–H and O–H groups in total. The van der Waals surface area contributed by atoms with Gasteiger partial charge in [-0.05, 0) is 57.8 Å². The van der Waals surface area contributed by atoms with Crippen molar-refractivity contribution in [1.82, 2.24) is 0 Å². The van der Waals surface area contributed by atoms with Crippen LogP contribution in [0.3, 0.4) is 0 Å². The first-order valence-electron chi connectivity index (χ1n) is 36.6. The maximum atomic E-state index is 9.74. The standard InChI is InChI=1S/C18H39NO3.C18H37NO3.C18H39NO2.C18H37NO2/c2*1-2-3-4-5-6-7-8-9-10-11-12-13-14-17(21)18(22)16(19)15-20;2*1-2-3-4-5-6-7-8-9-10-11-12-13-14-15-18(21)17(19)16-20/h16-18,20-22H,2-15,19H2,1H3;10-11,16-18,20-22H,2-9,12-15,19H2,1H3;17-18,20-21H,2-16,19H2,1H3;14-15,17-18,20-21H,2-13,16,19H2,1H3/b;11-10+;;15-14+. The van der Waals surface area contributed by atoms with Crippen LogP contribution >= 0.6 is 0 Å². The lowest BCUT2D eigenvalue weighted by molar-refractivity contribution is -0.0121. The van der Waals surface area contributed by atoms with E-state index >= 15 is 0 Å². The van der Waals surface area contributed by atoms with Crippen LogP contribution in [0.1, 0.15) is 349 Å². The minimum absolute atomic E-state index is 0.125. The summed E-state index contributed by atoms with van der Waals surface area (Å²) in [5.74, 6) is 0. The smallest absolute Gasteiger partial charge is 0.0971 e. The minimum Gasteiger partial charge on any atom is -0.395 e. The Morgan fingerprint density at radius 3 is 0.744 bits per heavy atom. The normalized spacial score (nSPS) is 15.2. The minimum atomic E-state index is -1.04. The fraction of sp³-hybridized carbons (Fsp3) is 0.944. The zero-order valence-electron chi connectivity index (χ0n) is 57.0. The van der Waals surface area contributed by atoms with E-state index in [1.807, 2.05) is 6.08 Å². The fourth-order valence-corrected chi connectivity index (χ4v) is 10.3. The molecule has 0 rings (SSSR count). The molecule has 86 heavy (non-hydrogen) atoms. The second-order valence-corrected chi connectivity index (χ2v) is 25.3. The molecule has 0 heterocycles. The third-order valence-electron chi connectivity index (χ3n) is 16.7. The lowest BCUT2D eigenvalue weighted by Crippen LogP contribution is -2.45. The van der Waals surface area contributed by atoms with Crippen LogP contribution in [0.4, 0.5) is 0 Å². The number of allylic oxidation sites excluding steroid dienone is 3. The van der Waals surface area contributed by atoms with E-state index in [1.165, 1.54) is 257 Å². The van der Waals surface area contributed by atoms with E-state index in [9.17, 15) is 30.6 Å². The molecule has 0 saturated heterocycles. The Labute approximate surface area is 532 Å². The van der Waals surface area contributed by atoms with Gasteiger partial charge in [0.25, 0.3) is 0 Å². The van der Waals surface area contributed by atoms with Gasteiger partial charge < -0.3 is 74.0 Å². The van der Waals surface area contributed by atoms with Crippen LogP contribution in [0, 0.1) is 0 Å². The quantitative estimate of drug-likeness (QED) is 0.0199. The van der Waals surface area contributed by atoms with Crippen LogP contribution in [0.15, 0.2) is 24.3 Å². The number of rotatable bonds is 62. The molecule has 0 aromatic heterocycles. The molecule has 0 amide bonds. The molecule has 10 atom stereocenters. The first-order chi connectivity index (χ1) is 41.7. The lowest BCUT2D eigenvalue weighted by atomic mass is 10.00. The maximum absolute atomic E-state index is 9.74. The second kappa shape index (κ2) is 76.4. The summed E-state index contributed by atoms with van der Waals surface area (Å²) in [6, 6.07) is -2.53. The van der Waals surface area contributed by atoms with Crippen molar-refractivity contribution in [2.45, 2.75) is 410 Å². The van der Waals surface area contributed by atoms with Crippen molar-refractivity contribution in [3.63, 3.8) is 0 Å². The van der Waals surface area contributed by atoms with Crippen LogP contribution in [0.5, 0.6) is 0 Å². The molecular weight excluding hydrogens is 1080 g/mol. The van der Waals surface area contributed by atoms with Crippen molar-refractivity contribution >= 4 is 0 Å². The number of unbranched alkanes of at least 4 members (excludes halogenated alkanes) is 42. The Bertz CT molecular complexity index is 1290. The van der Waals surface area contributed by atoms with Gasteiger partial charge in [0, 0.05) is 0 Å². The van der Waals surface area contributed by atoms with Gasteiger partial charge in [-0.2, -0.15) is 0 Å². The summed E-state index contributed by atoms with van der Waals surface area (Å²) in [6.45, 7) is 8.11. The third-order valence-corrected chi connectivity index (χ3v) is 16.7. The molecule has 0 saturated carbocycles. The molecule has 0 bridgehead atoms. The van der Waals surface area contributed by atoms with E-state index < -0.39 is 60.8 Å². The van der Waals surface area contributed by atoms with Gasteiger partial charge in [-0.1, -0.05) is 315 Å². The Hall–Kier alpha value is -1.08. The number of nitrogens with two attached hydrogens (primary N) is 4. The van der Waals surface area contributed by atoms with E-state index in [4.69, 9.17) is 43.4 Å². The predicted octanol–water partition coefficient (Wildman–Crippen LogP) is 14.1. The summed E-state index contributed by atoms with van der Waals surface area (Å²) in [6.07, 6.45) is 65.6. The van der Waals surface area contributed by atoms with Gasteiger partial charge in [-0.3, -0.25) is 0 Å². The van der Waals surface area contributed by atoms with Crippen molar-refractivity contribution in [2.24, 2.45) is 22.9 Å². The highest BCUT2D eigenvalue weighted by atomic mass is 16.3. The molecule has 0 fully saturated rings. The third kappa shape index (κ3) is 70.4. The zero-order valence-corrected chi connectivity index (χ0v) is 57.0. The van der Waals surface area contributed by atoms with Crippen LogP contribution in [0.25, 0.3) is 0 Å². The zero-order chi connectivity index (χ0) is 64.8. The largest absolute Gasteiger partial charge is 0.395 e. The molecule has 0 aromatic carbocycles. The second-order valence-electron chi connectivity index (χ2n) is 25.3. The highest BCUT2D eigenvalue weighted by molar-refractivity contribution is 4.93. The maximum Gasteiger partial charge on any atom is 0.0971 e. The van der Waals surface area contributed by atoms with E-state index in [-0.39, 0.29) is 26.4 Å². The van der Waals surface area contributed by atoms with Crippen molar-refractivity contribution < 1.29 is 51.1 Å². The molecule has 0 aromatic rings. The van der Waals surface area contributed by atoms with Crippen molar-refractivity contribution in [1.29, 1.82) is 0 Å². The number of hydrogen-bond acceptors (Lipinski definition) is 14. The Morgan fingerprint density at radius 1 is 0.244 bits per heavy atom. The summed E-state index contributed by atoms with van der Waals surface area (Å²) < 4.78 is 0. The van der Waals surface area contributed by atoms with Crippen molar-refractivity contribution in [3.05, 3.63) is 24.3 Å². The van der Waals surface area contributed by atoms with Crippen LogP contribution in [-0.4, -0.2) is 138 Å². The van der Waals surface area contributed by atoms with Gasteiger partial charge in [-0.15, -0.1) is 0 Å². The highest BCUT2D eigenvalue weighted by Gasteiger charge is 2.23. The predicted molar refractivity (Wildman–Crippen MR) is 368 cm³/mol. The molecule has 14 nitrogen and oxygen atoms in total. The molecule has 0 spiro atoms. The van der Waals surface area contributed by atoms with Crippen molar-refractivity contribution in [2.75, 3.05) is 26.4 Å². The monoisotopic (exact) mass is 1230 g/mol. The fourth-order valence-electron chi connectivity index (χ4n) is 10.3. The average molecular weight is 1230 g/mol. The summed E-state index contributed by atoms with van der Waals surface area (Å²) in [7, 11) is 0. The van der Waals surface area contributed by atoms with Gasteiger partial charge in [0.15, 0.2) is 0 Å². The van der Waals surface area contributed by atoms with Crippen LogP contribution in [0.2, 0.25) is 0 Å². The Balaban J connectivity index is -0.000000521. The molecule has 0 aliphatic rings. The molecule has 520 valence electrons. The number of aliphatic hydroxyl groups excluding tert-OH is 10. The summed E-state index contributed by atoms with van der Waals surface area (Å²) >= 11 is 0. The van der Waals surface area contributed by atoms with Crippen molar-refractivity contribution in [3.8, 4) is 0 Å². The van der Waals surface area contributed by atoms with E-state index in [0.29, 0.717) is 12.8 Å². The molecular formula is C72H152N4O10. The summed E-state index contributed by atoms with van der Waals surface area (Å²) in [5.41, 5.74) is 22.1. The number of hydrogen-bond donors (Lipinski definition) is 14. The average Bonchev–Trinajstić information content (AvgIpc) is 3.63. The first kappa shape index (κ1) is 91.3. The van der Waals surface area contributed by atoms with Gasteiger partial charge in [0.2, 0.25) is 0 Å². The molecule has 0 aliphatic carbocycles. The first-order valence-corrected chi connectivity index (χ1v) is 36.6. The highest BCUT2D eigenvalue weighted by Crippen LogP contribution is 2.18. The van der Waals surface area contributed by atoms with E-state index in [1.54, 1.807) is 6.08 Å². The Kier molecular flexibility index (Phi) is 81.1. The van der Waals surface area contributed by atoms with Gasteiger partial charge in [-0.25, -0.2) is 0 Å². The van der Waals surface area contributed by atoms with Gasteiger partial charge >= 0.3 is 0 Å². The summed E-state index contributed by atoms with van der Waals surface area (Å²) in [5, 5.41) is 93.1. The SMILES string of the molecule is CCCCCCCCC/C=C/CCCC(O)C(O)C(N)CO.CCCCCCCCCCCCC/C=C/C(O)C(N)CO.CCCCCCCCCCCCCCC(O)C(O)C(N)CO.CCCCCCCCCCCCCCCC(O)C(N)CO. The van der Waals surface area contributed by atoms with Crippen LogP contribution < -0.4 is 22.9 Å². The molecule has 0 aliphatic heterocycles. The van der Waals surface area contributed by atoms with E-state index in [2.05, 4.69) is 39.8 Å². The van der Waals surface area contributed by atoms with E-state index in [0.717, 1.165) is 51.4 Å².